The number of benzene rings is 1. The Morgan fingerprint density at radius 2 is 1.93 bits per heavy atom. The first-order chi connectivity index (χ1) is 12.8. The summed E-state index contributed by atoms with van der Waals surface area (Å²) in [5.74, 6) is 0.519. The molecule has 1 N–H and O–H groups in total. The zero-order valence-electron chi connectivity index (χ0n) is 15.7. The number of anilines is 2. The van der Waals surface area contributed by atoms with Gasteiger partial charge in [-0.3, -0.25) is 0 Å². The van der Waals surface area contributed by atoms with E-state index in [1.807, 2.05) is 24.4 Å². The zero-order valence-corrected chi connectivity index (χ0v) is 17.3. The minimum Gasteiger partial charge on any atom is -0.344 e. The monoisotopic (exact) mass is 401 g/mol. The molecule has 7 heteroatoms. The maximum Gasteiger partial charge on any atom is 0.187 e. The summed E-state index contributed by atoms with van der Waals surface area (Å²) < 4.78 is 25.9. The van der Waals surface area contributed by atoms with Crippen molar-refractivity contribution in [2.75, 3.05) is 16.8 Å². The van der Waals surface area contributed by atoms with Crippen molar-refractivity contribution in [3.05, 3.63) is 52.7 Å². The molecule has 142 valence electrons. The van der Waals surface area contributed by atoms with E-state index in [1.165, 1.54) is 5.56 Å². The van der Waals surface area contributed by atoms with Crippen LogP contribution in [0.5, 0.6) is 0 Å². The Kier molecular flexibility index (Phi) is 4.60. The van der Waals surface area contributed by atoms with Crippen molar-refractivity contribution in [3.8, 4) is 11.3 Å². The average Bonchev–Trinajstić information content (AvgIpc) is 3.28. The van der Waals surface area contributed by atoms with Crippen LogP contribution >= 0.6 is 11.3 Å². The molecule has 1 aliphatic rings. The lowest BCUT2D eigenvalue weighted by molar-refractivity contribution is 0.536. The van der Waals surface area contributed by atoms with E-state index in [-0.39, 0.29) is 17.5 Å². The fraction of sp³-hybridized carbons (Fsp3) is 0.350. The first-order valence-corrected chi connectivity index (χ1v) is 11.7. The summed E-state index contributed by atoms with van der Waals surface area (Å²) in [4.78, 5) is 4.74. The van der Waals surface area contributed by atoms with Gasteiger partial charge in [0.25, 0.3) is 0 Å². The van der Waals surface area contributed by atoms with E-state index in [0.717, 1.165) is 33.5 Å². The summed E-state index contributed by atoms with van der Waals surface area (Å²) in [6.07, 6.45) is 0.690. The van der Waals surface area contributed by atoms with Gasteiger partial charge in [-0.2, -0.15) is 0 Å². The topological polar surface area (TPSA) is 64.0 Å². The molecule has 2 aromatic heterocycles. The number of thiazole rings is 1. The van der Waals surface area contributed by atoms with Gasteiger partial charge in [0.2, 0.25) is 0 Å². The molecule has 1 atom stereocenters. The molecule has 1 aliphatic heterocycles. The summed E-state index contributed by atoms with van der Waals surface area (Å²) in [7, 11) is -2.91. The van der Waals surface area contributed by atoms with Crippen molar-refractivity contribution in [2.45, 2.75) is 33.2 Å². The van der Waals surface area contributed by atoms with Gasteiger partial charge in [-0.15, -0.1) is 11.3 Å². The lowest BCUT2D eigenvalue weighted by Gasteiger charge is -2.16. The standard InChI is InChI=1S/C20H23N3O2S2/c1-13-4-6-16(7-5-13)21-20-22-19(11-26-20)18-10-14(2)23(15(18)3)17-8-9-27(24,25)12-17/h4-7,10-11,17H,8-9,12H2,1-3H3,(H,21,22)/t17-/m0/s1. The van der Waals surface area contributed by atoms with Gasteiger partial charge in [0, 0.05) is 34.1 Å². The molecule has 0 unspecified atom stereocenters. The molecule has 0 spiro atoms. The van der Waals surface area contributed by atoms with E-state index >= 15 is 0 Å². The maximum absolute atomic E-state index is 11.9. The molecule has 1 saturated heterocycles. The Morgan fingerprint density at radius 1 is 1.19 bits per heavy atom. The molecule has 5 nitrogen and oxygen atoms in total. The molecule has 27 heavy (non-hydrogen) atoms. The molecule has 1 fully saturated rings. The van der Waals surface area contributed by atoms with Crippen LogP contribution in [-0.2, 0) is 9.84 Å². The molecule has 0 aliphatic carbocycles. The SMILES string of the molecule is Cc1ccc(Nc2nc(-c3cc(C)n([C@H]4CCS(=O)(=O)C4)c3C)cs2)cc1. The molecular weight excluding hydrogens is 378 g/mol. The summed E-state index contributed by atoms with van der Waals surface area (Å²) >= 11 is 1.57. The third-order valence-corrected chi connectivity index (χ3v) is 7.65. The molecular formula is C20H23N3O2S2. The third-order valence-electron chi connectivity index (χ3n) is 5.14. The highest BCUT2D eigenvalue weighted by Gasteiger charge is 2.31. The van der Waals surface area contributed by atoms with Crippen molar-refractivity contribution in [3.63, 3.8) is 0 Å². The smallest absolute Gasteiger partial charge is 0.187 e. The van der Waals surface area contributed by atoms with Crippen molar-refractivity contribution in [1.82, 2.24) is 9.55 Å². The summed E-state index contributed by atoms with van der Waals surface area (Å²) in [5, 5.41) is 6.25. The Bertz CT molecular complexity index is 1080. The minimum atomic E-state index is -2.91. The third kappa shape index (κ3) is 3.66. The fourth-order valence-corrected chi connectivity index (χ4v) is 6.22. The summed E-state index contributed by atoms with van der Waals surface area (Å²) in [6.45, 7) is 6.16. The second-order valence-corrected chi connectivity index (χ2v) is 10.3. The average molecular weight is 402 g/mol. The van der Waals surface area contributed by atoms with Crippen molar-refractivity contribution in [2.24, 2.45) is 0 Å². The summed E-state index contributed by atoms with van der Waals surface area (Å²) in [5.41, 5.74) is 6.41. The van der Waals surface area contributed by atoms with Crippen LogP contribution in [0.25, 0.3) is 11.3 Å². The molecule has 0 bridgehead atoms. The second-order valence-electron chi connectivity index (χ2n) is 7.24. The number of nitrogens with one attached hydrogen (secondary N) is 1. The predicted molar refractivity (Wildman–Crippen MR) is 112 cm³/mol. The van der Waals surface area contributed by atoms with E-state index in [9.17, 15) is 8.42 Å². The molecule has 0 amide bonds. The van der Waals surface area contributed by atoms with Crippen LogP contribution in [0.1, 0.15) is 29.4 Å². The highest BCUT2D eigenvalue weighted by Crippen LogP contribution is 2.35. The maximum atomic E-state index is 11.9. The number of aromatic nitrogens is 2. The van der Waals surface area contributed by atoms with Gasteiger partial charge >= 0.3 is 0 Å². The highest BCUT2D eigenvalue weighted by molar-refractivity contribution is 7.91. The van der Waals surface area contributed by atoms with Crippen LogP contribution in [0.3, 0.4) is 0 Å². The fourth-order valence-electron chi connectivity index (χ4n) is 3.79. The summed E-state index contributed by atoms with van der Waals surface area (Å²) in [6, 6.07) is 10.4. The van der Waals surface area contributed by atoms with E-state index < -0.39 is 9.84 Å². The van der Waals surface area contributed by atoms with E-state index in [0.29, 0.717) is 6.42 Å². The van der Waals surface area contributed by atoms with Gasteiger partial charge in [-0.25, -0.2) is 13.4 Å². The lowest BCUT2D eigenvalue weighted by atomic mass is 10.2. The first kappa shape index (κ1) is 18.3. The lowest BCUT2D eigenvalue weighted by Crippen LogP contribution is -2.13. The second kappa shape index (κ2) is 6.80. The molecule has 0 saturated carbocycles. The molecule has 0 radical (unpaired) electrons. The van der Waals surface area contributed by atoms with Crippen molar-refractivity contribution >= 4 is 32.0 Å². The normalized spacial score (nSPS) is 18.7. The number of rotatable bonds is 4. The van der Waals surface area contributed by atoms with Gasteiger partial charge in [0.1, 0.15) is 0 Å². The minimum absolute atomic E-state index is 0.0348. The number of nitrogens with zero attached hydrogens (tertiary/aromatic N) is 2. The van der Waals surface area contributed by atoms with Crippen LogP contribution in [-0.4, -0.2) is 29.5 Å². The van der Waals surface area contributed by atoms with E-state index in [2.05, 4.69) is 41.9 Å². The van der Waals surface area contributed by atoms with Crippen LogP contribution < -0.4 is 5.32 Å². The molecule has 4 rings (SSSR count). The van der Waals surface area contributed by atoms with Gasteiger partial charge in [0.15, 0.2) is 15.0 Å². The number of sulfone groups is 1. The van der Waals surface area contributed by atoms with E-state index in [4.69, 9.17) is 4.98 Å². The molecule has 3 aromatic rings. The Labute approximate surface area is 164 Å². The quantitative estimate of drug-likeness (QED) is 0.692. The number of hydrogen-bond donors (Lipinski definition) is 1. The Morgan fingerprint density at radius 3 is 2.59 bits per heavy atom. The Hall–Kier alpha value is -2.12. The van der Waals surface area contributed by atoms with Gasteiger partial charge in [0.05, 0.1) is 17.2 Å². The van der Waals surface area contributed by atoms with Crippen LogP contribution in [0.2, 0.25) is 0 Å². The number of hydrogen-bond acceptors (Lipinski definition) is 5. The van der Waals surface area contributed by atoms with Crippen molar-refractivity contribution < 1.29 is 8.42 Å². The van der Waals surface area contributed by atoms with Gasteiger partial charge < -0.3 is 9.88 Å². The molecule has 3 heterocycles. The van der Waals surface area contributed by atoms with E-state index in [1.54, 1.807) is 11.3 Å². The van der Waals surface area contributed by atoms with Gasteiger partial charge in [-0.05, 0) is 45.4 Å². The van der Waals surface area contributed by atoms with Crippen molar-refractivity contribution in [1.29, 1.82) is 0 Å². The van der Waals surface area contributed by atoms with Crippen LogP contribution in [0.15, 0.2) is 35.7 Å². The zero-order chi connectivity index (χ0) is 19.2. The highest BCUT2D eigenvalue weighted by atomic mass is 32.2. The largest absolute Gasteiger partial charge is 0.344 e. The molecule has 1 aromatic carbocycles. The van der Waals surface area contributed by atoms with Gasteiger partial charge in [-0.1, -0.05) is 17.7 Å². The predicted octanol–water partition coefficient (Wildman–Crippen LogP) is 4.64. The first-order valence-electron chi connectivity index (χ1n) is 9.01. The van der Waals surface area contributed by atoms with Crippen LogP contribution in [0.4, 0.5) is 10.8 Å². The Balaban J connectivity index is 1.60. The van der Waals surface area contributed by atoms with Crippen LogP contribution in [0, 0.1) is 20.8 Å². The number of aryl methyl sites for hydroxylation is 2.